The molecule has 8 heteroatoms. The van der Waals surface area contributed by atoms with E-state index >= 15 is 0 Å². The molecule has 0 saturated heterocycles. The molecule has 0 atom stereocenters. The van der Waals surface area contributed by atoms with Gasteiger partial charge in [0.2, 0.25) is 0 Å². The van der Waals surface area contributed by atoms with Crippen LogP contribution in [0.2, 0.25) is 0 Å². The number of furan rings is 1. The van der Waals surface area contributed by atoms with E-state index in [1.807, 2.05) is 0 Å². The lowest BCUT2D eigenvalue weighted by atomic mass is 10.4. The molecule has 0 aliphatic carbocycles. The van der Waals surface area contributed by atoms with E-state index in [4.69, 9.17) is 4.42 Å². The molecule has 0 fully saturated rings. The van der Waals surface area contributed by atoms with Gasteiger partial charge in [-0.25, -0.2) is 0 Å². The van der Waals surface area contributed by atoms with E-state index in [0.717, 1.165) is 5.00 Å². The summed E-state index contributed by atoms with van der Waals surface area (Å²) in [7, 11) is 0. The summed E-state index contributed by atoms with van der Waals surface area (Å²) in [5.74, 6) is 0.240. The zero-order valence-electron chi connectivity index (χ0n) is 7.41. The molecule has 2 aromatic heterocycles. The SMILES string of the molecule is O=[N+]([O-])c1ccc(CNc2cnns2)o1. The Balaban J connectivity index is 1.96. The Labute approximate surface area is 88.0 Å². The summed E-state index contributed by atoms with van der Waals surface area (Å²) < 4.78 is 8.60. The van der Waals surface area contributed by atoms with Crippen LogP contribution in [0.15, 0.2) is 22.7 Å². The smallest absolute Gasteiger partial charge is 0.404 e. The maximum atomic E-state index is 10.3. The van der Waals surface area contributed by atoms with E-state index in [9.17, 15) is 10.1 Å². The van der Waals surface area contributed by atoms with Crippen LogP contribution in [0, 0.1) is 10.1 Å². The first-order valence-corrected chi connectivity index (χ1v) is 4.77. The average Bonchev–Trinajstić information content (AvgIpc) is 2.86. The number of nitro groups is 1. The van der Waals surface area contributed by atoms with Crippen LogP contribution in [-0.2, 0) is 6.54 Å². The van der Waals surface area contributed by atoms with Gasteiger partial charge >= 0.3 is 5.88 Å². The number of aromatic nitrogens is 2. The van der Waals surface area contributed by atoms with Gasteiger partial charge in [-0.1, -0.05) is 4.49 Å². The molecule has 78 valence electrons. The Kier molecular flexibility index (Phi) is 2.59. The lowest BCUT2D eigenvalue weighted by Gasteiger charge is -1.96. The first kappa shape index (κ1) is 9.59. The van der Waals surface area contributed by atoms with Gasteiger partial charge in [-0.15, -0.1) is 5.10 Å². The van der Waals surface area contributed by atoms with Crippen LogP contribution in [-0.4, -0.2) is 14.5 Å². The van der Waals surface area contributed by atoms with Crippen LogP contribution in [0.5, 0.6) is 0 Å². The highest BCUT2D eigenvalue weighted by atomic mass is 32.1. The maximum Gasteiger partial charge on any atom is 0.433 e. The number of nitrogens with one attached hydrogen (secondary N) is 1. The lowest BCUT2D eigenvalue weighted by molar-refractivity contribution is -0.402. The monoisotopic (exact) mass is 226 g/mol. The van der Waals surface area contributed by atoms with E-state index in [-0.39, 0.29) is 5.88 Å². The maximum absolute atomic E-state index is 10.3. The molecule has 0 aliphatic heterocycles. The Morgan fingerprint density at radius 1 is 1.60 bits per heavy atom. The second-order valence-corrected chi connectivity index (χ2v) is 3.42. The van der Waals surface area contributed by atoms with E-state index in [0.29, 0.717) is 12.3 Å². The molecule has 7 nitrogen and oxygen atoms in total. The van der Waals surface area contributed by atoms with Crippen molar-refractivity contribution in [2.45, 2.75) is 6.54 Å². The summed E-state index contributed by atoms with van der Waals surface area (Å²) in [6.07, 6.45) is 1.57. The molecule has 15 heavy (non-hydrogen) atoms. The van der Waals surface area contributed by atoms with Gasteiger partial charge < -0.3 is 9.73 Å². The summed E-state index contributed by atoms with van der Waals surface area (Å²) >= 11 is 1.21. The van der Waals surface area contributed by atoms with Gasteiger partial charge in [0.15, 0.2) is 0 Å². The molecule has 0 aliphatic rings. The highest BCUT2D eigenvalue weighted by Gasteiger charge is 2.11. The van der Waals surface area contributed by atoms with Gasteiger partial charge in [0.05, 0.1) is 18.8 Å². The number of rotatable bonds is 4. The normalized spacial score (nSPS) is 10.1. The third-order valence-corrected chi connectivity index (χ3v) is 2.25. The average molecular weight is 226 g/mol. The molecular weight excluding hydrogens is 220 g/mol. The fourth-order valence-corrected chi connectivity index (χ4v) is 1.39. The zero-order chi connectivity index (χ0) is 10.7. The highest BCUT2D eigenvalue weighted by Crippen LogP contribution is 2.17. The van der Waals surface area contributed by atoms with E-state index < -0.39 is 4.92 Å². The summed E-state index contributed by atoms with van der Waals surface area (Å²) in [5, 5.41) is 17.7. The molecule has 0 aromatic carbocycles. The summed E-state index contributed by atoms with van der Waals surface area (Å²) in [6.45, 7) is 0.373. The number of hydrogen-bond donors (Lipinski definition) is 1. The summed E-state index contributed by atoms with van der Waals surface area (Å²) in [4.78, 5) is 9.75. The summed E-state index contributed by atoms with van der Waals surface area (Å²) in [5.41, 5.74) is 0. The molecule has 0 radical (unpaired) electrons. The molecular formula is C7H6N4O3S. The van der Waals surface area contributed by atoms with E-state index in [1.54, 1.807) is 12.3 Å². The minimum Gasteiger partial charge on any atom is -0.404 e. The predicted octanol–water partition coefficient (Wildman–Crippen LogP) is 1.65. The van der Waals surface area contributed by atoms with Crippen molar-refractivity contribution in [1.82, 2.24) is 9.59 Å². The molecule has 2 rings (SSSR count). The minimum absolute atomic E-state index is 0.255. The molecule has 2 heterocycles. The fourth-order valence-electron chi connectivity index (χ4n) is 0.979. The number of hydrogen-bond acceptors (Lipinski definition) is 7. The molecule has 1 N–H and O–H groups in total. The van der Waals surface area contributed by atoms with Crippen LogP contribution in [0.3, 0.4) is 0 Å². The van der Waals surface area contributed by atoms with Crippen LogP contribution in [0.4, 0.5) is 10.9 Å². The van der Waals surface area contributed by atoms with Crippen molar-refractivity contribution in [1.29, 1.82) is 0 Å². The topological polar surface area (TPSA) is 94.1 Å². The van der Waals surface area contributed by atoms with E-state index in [2.05, 4.69) is 14.9 Å². The molecule has 0 spiro atoms. The Morgan fingerprint density at radius 3 is 3.07 bits per heavy atom. The van der Waals surface area contributed by atoms with Gasteiger partial charge in [0.1, 0.15) is 15.7 Å². The van der Waals surface area contributed by atoms with Crippen molar-refractivity contribution < 1.29 is 9.34 Å². The Bertz CT molecular complexity index is 453. The van der Waals surface area contributed by atoms with Gasteiger partial charge in [0.25, 0.3) is 0 Å². The minimum atomic E-state index is -0.572. The van der Waals surface area contributed by atoms with Gasteiger partial charge in [-0.2, -0.15) is 0 Å². The quantitative estimate of drug-likeness (QED) is 0.629. The Morgan fingerprint density at radius 2 is 2.47 bits per heavy atom. The van der Waals surface area contributed by atoms with Gasteiger partial charge in [-0.05, 0) is 6.07 Å². The second-order valence-electron chi connectivity index (χ2n) is 2.63. The van der Waals surface area contributed by atoms with Crippen molar-refractivity contribution in [3.63, 3.8) is 0 Å². The second kappa shape index (κ2) is 4.05. The molecule has 2 aromatic rings. The standard InChI is InChI=1S/C7H6N4O3S/c12-11(13)7-2-1-5(14-7)3-8-6-4-9-10-15-6/h1-2,4,8H,3H2. The fraction of sp³-hybridized carbons (Fsp3) is 0.143. The highest BCUT2D eigenvalue weighted by molar-refractivity contribution is 7.09. The van der Waals surface area contributed by atoms with Gasteiger partial charge in [-0.3, -0.25) is 10.1 Å². The first-order chi connectivity index (χ1) is 7.25. The van der Waals surface area contributed by atoms with Crippen LogP contribution < -0.4 is 5.32 Å². The van der Waals surface area contributed by atoms with Gasteiger partial charge in [0, 0.05) is 11.5 Å². The zero-order valence-corrected chi connectivity index (χ0v) is 8.23. The third kappa shape index (κ3) is 2.29. The van der Waals surface area contributed by atoms with Crippen molar-refractivity contribution in [3.05, 3.63) is 34.2 Å². The number of anilines is 1. The summed E-state index contributed by atoms with van der Waals surface area (Å²) in [6, 6.07) is 2.88. The molecule has 0 unspecified atom stereocenters. The lowest BCUT2D eigenvalue weighted by Crippen LogP contribution is -1.95. The molecule has 0 amide bonds. The third-order valence-electron chi connectivity index (χ3n) is 1.63. The molecule has 0 saturated carbocycles. The van der Waals surface area contributed by atoms with Crippen molar-refractivity contribution in [2.24, 2.45) is 0 Å². The Hall–Kier alpha value is -1.96. The van der Waals surface area contributed by atoms with Crippen molar-refractivity contribution in [2.75, 3.05) is 5.32 Å². The van der Waals surface area contributed by atoms with E-state index in [1.165, 1.54) is 17.6 Å². The van der Waals surface area contributed by atoms with Crippen LogP contribution in [0.25, 0.3) is 0 Å². The van der Waals surface area contributed by atoms with Crippen LogP contribution >= 0.6 is 11.5 Å². The van der Waals surface area contributed by atoms with Crippen molar-refractivity contribution >= 4 is 22.4 Å². The first-order valence-electron chi connectivity index (χ1n) is 4.00. The number of nitrogens with zero attached hydrogens (tertiary/aromatic N) is 3. The largest absolute Gasteiger partial charge is 0.433 e. The predicted molar refractivity (Wildman–Crippen MR) is 52.6 cm³/mol. The van der Waals surface area contributed by atoms with Crippen LogP contribution in [0.1, 0.15) is 5.76 Å². The molecule has 0 bridgehead atoms. The van der Waals surface area contributed by atoms with Crippen molar-refractivity contribution in [3.8, 4) is 0 Å².